The molecule has 8 nitrogen and oxygen atoms in total. The molecule has 0 aliphatic carbocycles. The van der Waals surface area contributed by atoms with E-state index in [1.807, 2.05) is 30.3 Å². The number of rotatable bonds is 4. The minimum absolute atomic E-state index is 0.207. The standard InChI is InChI=1S/C22H14ClN5O3S/c23-16-4-1-14(2-5-16)21-26-22(15-3-10-19-20(13-15)25-12-11-24-19)28(27-21)17-6-8-18(9-7-17)32(29,30)31/h1-13H,(H,29,30,31). The highest BCUT2D eigenvalue weighted by Crippen LogP contribution is 2.28. The minimum atomic E-state index is -4.30. The molecule has 2 heterocycles. The van der Waals surface area contributed by atoms with Gasteiger partial charge in [-0.1, -0.05) is 11.6 Å². The number of fused-ring (bicyclic) bond motifs is 1. The van der Waals surface area contributed by atoms with Crippen molar-refractivity contribution in [3.8, 4) is 28.5 Å². The molecule has 0 saturated carbocycles. The molecular weight excluding hydrogens is 450 g/mol. The van der Waals surface area contributed by atoms with E-state index in [-0.39, 0.29) is 4.90 Å². The van der Waals surface area contributed by atoms with Crippen molar-refractivity contribution in [1.29, 1.82) is 0 Å². The Morgan fingerprint density at radius 2 is 1.47 bits per heavy atom. The van der Waals surface area contributed by atoms with Crippen LogP contribution in [0.1, 0.15) is 0 Å². The van der Waals surface area contributed by atoms with Crippen LogP contribution in [-0.2, 0) is 10.1 Å². The summed E-state index contributed by atoms with van der Waals surface area (Å²) in [6.07, 6.45) is 3.24. The summed E-state index contributed by atoms with van der Waals surface area (Å²) in [5.74, 6) is 0.997. The second-order valence-corrected chi connectivity index (χ2v) is 8.76. The normalized spacial score (nSPS) is 11.7. The molecule has 3 aromatic carbocycles. The second-order valence-electron chi connectivity index (χ2n) is 6.91. The van der Waals surface area contributed by atoms with E-state index in [0.717, 1.165) is 16.6 Å². The number of hydrogen-bond acceptors (Lipinski definition) is 6. The van der Waals surface area contributed by atoms with Gasteiger partial charge < -0.3 is 0 Å². The van der Waals surface area contributed by atoms with Crippen molar-refractivity contribution in [2.75, 3.05) is 0 Å². The van der Waals surface area contributed by atoms with Gasteiger partial charge in [-0.25, -0.2) is 9.67 Å². The molecule has 0 unspecified atom stereocenters. The van der Waals surface area contributed by atoms with E-state index in [0.29, 0.717) is 27.9 Å². The third kappa shape index (κ3) is 3.84. The van der Waals surface area contributed by atoms with E-state index >= 15 is 0 Å². The van der Waals surface area contributed by atoms with Crippen LogP contribution in [0, 0.1) is 0 Å². The van der Waals surface area contributed by atoms with Crippen LogP contribution in [-0.4, -0.2) is 37.7 Å². The first-order valence-electron chi connectivity index (χ1n) is 9.40. The van der Waals surface area contributed by atoms with Gasteiger partial charge in [-0.05, 0) is 66.7 Å². The molecule has 32 heavy (non-hydrogen) atoms. The zero-order chi connectivity index (χ0) is 22.3. The fraction of sp³-hybridized carbons (Fsp3) is 0. The highest BCUT2D eigenvalue weighted by molar-refractivity contribution is 7.85. The summed E-state index contributed by atoms with van der Waals surface area (Å²) in [5.41, 5.74) is 3.54. The van der Waals surface area contributed by atoms with Gasteiger partial charge in [-0.15, -0.1) is 5.10 Å². The molecule has 0 aliphatic rings. The van der Waals surface area contributed by atoms with Crippen LogP contribution in [0.15, 0.2) is 84.0 Å². The van der Waals surface area contributed by atoms with Crippen LogP contribution in [0.2, 0.25) is 5.02 Å². The Morgan fingerprint density at radius 3 is 2.16 bits per heavy atom. The Bertz CT molecular complexity index is 1550. The Morgan fingerprint density at radius 1 is 0.812 bits per heavy atom. The number of halogens is 1. The van der Waals surface area contributed by atoms with Gasteiger partial charge in [0.1, 0.15) is 0 Å². The molecule has 1 N–H and O–H groups in total. The van der Waals surface area contributed by atoms with E-state index in [1.165, 1.54) is 12.1 Å². The first-order valence-corrected chi connectivity index (χ1v) is 11.2. The Labute approximate surface area is 187 Å². The number of aromatic nitrogens is 5. The summed E-state index contributed by atoms with van der Waals surface area (Å²) in [7, 11) is -4.30. The maximum atomic E-state index is 11.4. The molecule has 158 valence electrons. The summed E-state index contributed by atoms with van der Waals surface area (Å²) in [4.78, 5) is 13.2. The molecule has 0 radical (unpaired) electrons. The topological polar surface area (TPSA) is 111 Å². The molecule has 2 aromatic heterocycles. The number of nitrogens with zero attached hydrogens (tertiary/aromatic N) is 5. The predicted molar refractivity (Wildman–Crippen MR) is 120 cm³/mol. The third-order valence-electron chi connectivity index (χ3n) is 4.82. The fourth-order valence-electron chi connectivity index (χ4n) is 3.26. The highest BCUT2D eigenvalue weighted by Gasteiger charge is 2.17. The van der Waals surface area contributed by atoms with E-state index in [9.17, 15) is 13.0 Å². The smallest absolute Gasteiger partial charge is 0.282 e. The zero-order valence-electron chi connectivity index (χ0n) is 16.3. The van der Waals surface area contributed by atoms with Gasteiger partial charge in [-0.2, -0.15) is 8.42 Å². The molecule has 0 bridgehead atoms. The number of benzene rings is 3. The van der Waals surface area contributed by atoms with Gasteiger partial charge in [0.15, 0.2) is 11.6 Å². The van der Waals surface area contributed by atoms with Gasteiger partial charge in [-0.3, -0.25) is 14.5 Å². The van der Waals surface area contributed by atoms with E-state index in [2.05, 4.69) is 15.1 Å². The van der Waals surface area contributed by atoms with Crippen molar-refractivity contribution < 1.29 is 13.0 Å². The first kappa shape index (κ1) is 20.3. The molecular formula is C22H14ClN5O3S. The molecule has 5 rings (SSSR count). The number of hydrogen-bond donors (Lipinski definition) is 1. The zero-order valence-corrected chi connectivity index (χ0v) is 17.9. The van der Waals surface area contributed by atoms with E-state index in [1.54, 1.807) is 41.3 Å². The first-order chi connectivity index (χ1) is 15.4. The average Bonchev–Trinajstić information content (AvgIpc) is 3.24. The minimum Gasteiger partial charge on any atom is -0.282 e. The Balaban J connectivity index is 1.69. The molecule has 0 saturated heterocycles. The van der Waals surface area contributed by atoms with E-state index < -0.39 is 10.1 Å². The Hall–Kier alpha value is -3.66. The fourth-order valence-corrected chi connectivity index (χ4v) is 3.87. The van der Waals surface area contributed by atoms with Gasteiger partial charge in [0.25, 0.3) is 10.1 Å². The lowest BCUT2D eigenvalue weighted by atomic mass is 10.1. The van der Waals surface area contributed by atoms with Crippen molar-refractivity contribution in [3.05, 3.63) is 84.1 Å². The maximum absolute atomic E-state index is 11.4. The van der Waals surface area contributed by atoms with Gasteiger partial charge >= 0.3 is 0 Å². The SMILES string of the molecule is O=S(=O)(O)c1ccc(-n2nc(-c3ccc(Cl)cc3)nc2-c2ccc3nccnc3c2)cc1. The lowest BCUT2D eigenvalue weighted by molar-refractivity contribution is 0.483. The van der Waals surface area contributed by atoms with Crippen LogP contribution in [0.25, 0.3) is 39.5 Å². The largest absolute Gasteiger partial charge is 0.294 e. The summed E-state index contributed by atoms with van der Waals surface area (Å²) in [6, 6.07) is 18.4. The summed E-state index contributed by atoms with van der Waals surface area (Å²) < 4.78 is 33.7. The third-order valence-corrected chi connectivity index (χ3v) is 5.94. The lowest BCUT2D eigenvalue weighted by Gasteiger charge is -2.07. The monoisotopic (exact) mass is 463 g/mol. The molecule has 0 amide bonds. The molecule has 0 atom stereocenters. The molecule has 0 spiro atoms. The molecule has 10 heteroatoms. The average molecular weight is 464 g/mol. The van der Waals surface area contributed by atoms with Gasteiger partial charge in [0.2, 0.25) is 0 Å². The molecule has 0 aliphatic heterocycles. The van der Waals surface area contributed by atoms with Crippen LogP contribution in [0.5, 0.6) is 0 Å². The second kappa shape index (κ2) is 7.79. The predicted octanol–water partition coefficient (Wildman–Crippen LogP) is 4.44. The van der Waals surface area contributed by atoms with Crippen LogP contribution >= 0.6 is 11.6 Å². The van der Waals surface area contributed by atoms with Crippen molar-refractivity contribution in [3.63, 3.8) is 0 Å². The van der Waals surface area contributed by atoms with Crippen LogP contribution in [0.3, 0.4) is 0 Å². The van der Waals surface area contributed by atoms with Crippen molar-refractivity contribution in [2.24, 2.45) is 0 Å². The molecule has 0 fully saturated rings. The van der Waals surface area contributed by atoms with Crippen molar-refractivity contribution in [2.45, 2.75) is 4.90 Å². The quantitative estimate of drug-likeness (QED) is 0.392. The summed E-state index contributed by atoms with van der Waals surface area (Å²) in [5, 5.41) is 5.24. The van der Waals surface area contributed by atoms with Crippen molar-refractivity contribution >= 4 is 32.8 Å². The Kier molecular flexibility index (Phi) is 4.93. The van der Waals surface area contributed by atoms with Crippen LogP contribution < -0.4 is 0 Å². The maximum Gasteiger partial charge on any atom is 0.294 e. The van der Waals surface area contributed by atoms with Crippen molar-refractivity contribution in [1.82, 2.24) is 24.7 Å². The van der Waals surface area contributed by atoms with E-state index in [4.69, 9.17) is 16.6 Å². The van der Waals surface area contributed by atoms with Gasteiger partial charge in [0, 0.05) is 28.5 Å². The lowest BCUT2D eigenvalue weighted by Crippen LogP contribution is -2.02. The highest BCUT2D eigenvalue weighted by atomic mass is 35.5. The van der Waals surface area contributed by atoms with Gasteiger partial charge in [0.05, 0.1) is 21.6 Å². The molecule has 5 aromatic rings. The summed E-state index contributed by atoms with van der Waals surface area (Å²) in [6.45, 7) is 0. The summed E-state index contributed by atoms with van der Waals surface area (Å²) >= 11 is 6.01. The van der Waals surface area contributed by atoms with Crippen LogP contribution in [0.4, 0.5) is 0 Å².